The van der Waals surface area contributed by atoms with Crippen molar-refractivity contribution in [2.45, 2.75) is 91.1 Å². The topological polar surface area (TPSA) is 150 Å². The van der Waals surface area contributed by atoms with Gasteiger partial charge in [0.2, 0.25) is 0 Å². The molecule has 2 N–H and O–H groups in total. The van der Waals surface area contributed by atoms with E-state index in [0.717, 1.165) is 0 Å². The summed E-state index contributed by atoms with van der Waals surface area (Å²) in [5, 5.41) is 23.8. The van der Waals surface area contributed by atoms with Crippen LogP contribution in [0.5, 0.6) is 0 Å². The number of methoxy groups -OCH3 is 1. The Morgan fingerprint density at radius 1 is 1.19 bits per heavy atom. The third-order valence-electron chi connectivity index (χ3n) is 10.9. The Labute approximate surface area is 245 Å². The predicted molar refractivity (Wildman–Crippen MR) is 147 cm³/mol. The molecule has 0 spiro atoms. The van der Waals surface area contributed by atoms with E-state index in [4.69, 9.17) is 18.6 Å². The number of hydrogen-bond donors (Lipinski definition) is 2. The molecule has 0 radical (unpaired) electrons. The molecule has 3 fully saturated rings. The molecular formula is C32H40O10. The average Bonchev–Trinajstić information content (AvgIpc) is 3.48. The fraction of sp³-hybridized carbons (Fsp3) is 0.625. The summed E-state index contributed by atoms with van der Waals surface area (Å²) in [6.45, 7) is 10.5. The third-order valence-corrected chi connectivity index (χ3v) is 10.9. The summed E-state index contributed by atoms with van der Waals surface area (Å²) in [7, 11) is 1.27. The number of hydrogen-bond acceptors (Lipinski definition) is 10. The highest BCUT2D eigenvalue weighted by Crippen LogP contribution is 2.69. The van der Waals surface area contributed by atoms with E-state index in [-0.39, 0.29) is 12.8 Å². The lowest BCUT2D eigenvalue weighted by molar-refractivity contribution is -0.235. The van der Waals surface area contributed by atoms with Crippen LogP contribution in [-0.4, -0.2) is 58.8 Å². The first kappa shape index (κ1) is 30.2. The molecule has 5 rings (SSSR count). The van der Waals surface area contributed by atoms with E-state index in [1.54, 1.807) is 46.8 Å². The number of carbonyl (C=O) groups is 4. The number of cyclic esters (lactones) is 1. The minimum Gasteiger partial charge on any atom is -0.472 e. The maximum Gasteiger partial charge on any atom is 0.339 e. The first-order valence-corrected chi connectivity index (χ1v) is 14.4. The molecule has 1 aromatic rings. The molecule has 3 aliphatic carbocycles. The zero-order chi connectivity index (χ0) is 31.0. The van der Waals surface area contributed by atoms with Gasteiger partial charge in [-0.3, -0.25) is 9.59 Å². The van der Waals surface area contributed by atoms with Crippen LogP contribution in [-0.2, 0) is 33.4 Å². The Morgan fingerprint density at radius 2 is 1.88 bits per heavy atom. The molecule has 4 aliphatic rings. The quantitative estimate of drug-likeness (QED) is 0.227. The van der Waals surface area contributed by atoms with Crippen molar-refractivity contribution in [3.63, 3.8) is 0 Å². The summed E-state index contributed by atoms with van der Waals surface area (Å²) in [5.41, 5.74) is -3.50. The molecule has 2 heterocycles. The number of ketones is 1. The van der Waals surface area contributed by atoms with Crippen LogP contribution >= 0.6 is 0 Å². The predicted octanol–water partition coefficient (Wildman–Crippen LogP) is 3.76. The zero-order valence-electron chi connectivity index (χ0n) is 25.2. The summed E-state index contributed by atoms with van der Waals surface area (Å²) >= 11 is 0. The van der Waals surface area contributed by atoms with Crippen LogP contribution in [0, 0.1) is 28.1 Å². The van der Waals surface area contributed by atoms with Crippen LogP contribution < -0.4 is 0 Å². The Morgan fingerprint density at radius 3 is 2.48 bits per heavy atom. The highest BCUT2D eigenvalue weighted by atomic mass is 16.6. The monoisotopic (exact) mass is 584 g/mol. The SMILES string of the molecule is C/C=C(\C)C(=O)O[C@@H]1C(C)(C)[C@@H](CC(=O)OC)[C@@]2(C)C(=O)[C@]1(O)CC1=C3[C@H](O)C(=O)O[C@H](c4ccoc4)[C@@]3(C)CC[C@H]12. The van der Waals surface area contributed by atoms with Gasteiger partial charge in [-0.05, 0) is 50.2 Å². The van der Waals surface area contributed by atoms with Gasteiger partial charge in [0.25, 0.3) is 0 Å². The van der Waals surface area contributed by atoms with Crippen LogP contribution in [0.2, 0.25) is 0 Å². The molecule has 0 aromatic carbocycles. The molecule has 1 saturated heterocycles. The fourth-order valence-electron chi connectivity index (χ4n) is 8.71. The lowest BCUT2D eigenvalue weighted by atomic mass is 9.39. The summed E-state index contributed by atoms with van der Waals surface area (Å²) in [5.74, 6) is -3.79. The van der Waals surface area contributed by atoms with E-state index < -0.39 is 75.7 Å². The molecule has 10 heteroatoms. The van der Waals surface area contributed by atoms with Gasteiger partial charge in [-0.25, -0.2) is 9.59 Å². The van der Waals surface area contributed by atoms with Crippen LogP contribution in [0.15, 0.2) is 45.8 Å². The second-order valence-electron chi connectivity index (χ2n) is 13.3. The number of aliphatic hydroxyl groups is 2. The second kappa shape index (κ2) is 9.91. The molecule has 1 aliphatic heterocycles. The van der Waals surface area contributed by atoms with Crippen LogP contribution in [0.4, 0.5) is 0 Å². The smallest absolute Gasteiger partial charge is 0.339 e. The van der Waals surface area contributed by atoms with Gasteiger partial charge in [-0.15, -0.1) is 0 Å². The molecule has 1 aromatic heterocycles. The van der Waals surface area contributed by atoms with Crippen molar-refractivity contribution in [2.75, 3.05) is 7.11 Å². The molecule has 228 valence electrons. The molecular weight excluding hydrogens is 544 g/mol. The maximum absolute atomic E-state index is 14.5. The van der Waals surface area contributed by atoms with Crippen molar-refractivity contribution in [3.05, 3.63) is 47.0 Å². The molecule has 2 saturated carbocycles. The summed E-state index contributed by atoms with van der Waals surface area (Å²) in [4.78, 5) is 53.6. The van der Waals surface area contributed by atoms with Crippen molar-refractivity contribution >= 4 is 23.7 Å². The number of ether oxygens (including phenoxy) is 3. The summed E-state index contributed by atoms with van der Waals surface area (Å²) in [6, 6.07) is 1.71. The minimum absolute atomic E-state index is 0.156. The highest BCUT2D eigenvalue weighted by Gasteiger charge is 2.74. The van der Waals surface area contributed by atoms with Gasteiger partial charge in [0.1, 0.15) is 12.2 Å². The van der Waals surface area contributed by atoms with E-state index in [9.17, 15) is 29.4 Å². The van der Waals surface area contributed by atoms with Crippen molar-refractivity contribution in [1.82, 2.24) is 0 Å². The highest BCUT2D eigenvalue weighted by molar-refractivity contribution is 5.98. The van der Waals surface area contributed by atoms with E-state index >= 15 is 0 Å². The number of allylic oxidation sites excluding steroid dienone is 1. The van der Waals surface area contributed by atoms with E-state index in [1.807, 2.05) is 6.92 Å². The number of carbonyl (C=O) groups excluding carboxylic acids is 4. The fourth-order valence-corrected chi connectivity index (χ4v) is 8.71. The number of aliphatic hydroxyl groups excluding tert-OH is 1. The number of esters is 3. The summed E-state index contributed by atoms with van der Waals surface area (Å²) in [6.07, 6.45) is 1.39. The number of Topliss-reactive ketones (excluding diaryl/α,β-unsaturated/α-hetero) is 1. The molecule has 42 heavy (non-hydrogen) atoms. The standard InChI is InChI=1S/C32H40O10/c1-8-16(2)25(35)42-28-29(3,4)20(13-21(33)39-7)31(6)19-9-11-30(5)22(18(19)14-32(28,38)27(31)37)23(34)26(36)41-24(30)17-10-12-40-15-17/h8,10,12,15,19-20,23-24,28,34,38H,9,11,13-14H2,1-7H3/b16-8+/t19-,20-,23+,24-,28-,30+,31+,32-/m1/s1. The maximum atomic E-state index is 14.5. The van der Waals surface area contributed by atoms with Crippen molar-refractivity contribution in [1.29, 1.82) is 0 Å². The van der Waals surface area contributed by atoms with Crippen LogP contribution in [0.25, 0.3) is 0 Å². The molecule has 0 amide bonds. The van der Waals surface area contributed by atoms with Crippen molar-refractivity contribution in [3.8, 4) is 0 Å². The normalized spacial score (nSPS) is 39.2. The lowest BCUT2D eigenvalue weighted by Gasteiger charge is -2.66. The van der Waals surface area contributed by atoms with Gasteiger partial charge in [-0.1, -0.05) is 39.3 Å². The van der Waals surface area contributed by atoms with E-state index in [1.165, 1.54) is 19.6 Å². The van der Waals surface area contributed by atoms with Crippen molar-refractivity contribution < 1.29 is 48.0 Å². The first-order valence-electron chi connectivity index (χ1n) is 14.4. The largest absolute Gasteiger partial charge is 0.472 e. The third kappa shape index (κ3) is 3.97. The van der Waals surface area contributed by atoms with E-state index in [2.05, 4.69) is 0 Å². The molecule has 8 atom stereocenters. The molecule has 2 bridgehead atoms. The average molecular weight is 585 g/mol. The lowest BCUT2D eigenvalue weighted by Crippen LogP contribution is -2.75. The van der Waals surface area contributed by atoms with Gasteiger partial charge in [0.15, 0.2) is 17.5 Å². The Balaban J connectivity index is 1.76. The Hall–Kier alpha value is -3.24. The first-order chi connectivity index (χ1) is 19.6. The van der Waals surface area contributed by atoms with Crippen molar-refractivity contribution in [2.24, 2.45) is 28.1 Å². The van der Waals surface area contributed by atoms with Gasteiger partial charge < -0.3 is 28.8 Å². The van der Waals surface area contributed by atoms with Crippen LogP contribution in [0.3, 0.4) is 0 Å². The minimum atomic E-state index is -2.18. The van der Waals surface area contributed by atoms with Gasteiger partial charge in [-0.2, -0.15) is 0 Å². The number of fused-ring (bicyclic) bond motifs is 5. The van der Waals surface area contributed by atoms with E-state index in [0.29, 0.717) is 35.1 Å². The summed E-state index contributed by atoms with van der Waals surface area (Å²) < 4.78 is 22.0. The van der Waals surface area contributed by atoms with Crippen LogP contribution in [0.1, 0.15) is 78.9 Å². The number of furan rings is 1. The van der Waals surface area contributed by atoms with Gasteiger partial charge in [0.05, 0.1) is 19.6 Å². The molecule has 10 nitrogen and oxygen atoms in total. The Bertz CT molecular complexity index is 1390. The number of rotatable bonds is 5. The second-order valence-corrected chi connectivity index (χ2v) is 13.3. The van der Waals surface area contributed by atoms with Gasteiger partial charge in [0, 0.05) is 40.2 Å². The van der Waals surface area contributed by atoms with Gasteiger partial charge >= 0.3 is 17.9 Å². The Kier molecular flexibility index (Phi) is 7.13. The molecule has 0 unspecified atom stereocenters. The zero-order valence-corrected chi connectivity index (χ0v) is 25.2.